The van der Waals surface area contributed by atoms with Gasteiger partial charge in [0, 0.05) is 31.6 Å². The van der Waals surface area contributed by atoms with Gasteiger partial charge in [0.25, 0.3) is 5.91 Å². The molecule has 11 heteroatoms. The first-order valence-electron chi connectivity index (χ1n) is 9.13. The first-order chi connectivity index (χ1) is 14.8. The number of fused-ring (bicyclic) bond motifs is 1. The number of nitrogens with zero attached hydrogens (tertiary/aromatic N) is 2. The van der Waals surface area contributed by atoms with E-state index in [-0.39, 0.29) is 37.1 Å². The fraction of sp³-hybridized carbons (Fsp3) is 0.200. The predicted molar refractivity (Wildman–Crippen MR) is 111 cm³/mol. The van der Waals surface area contributed by atoms with Gasteiger partial charge in [0.15, 0.2) is 34.1 Å². The van der Waals surface area contributed by atoms with Crippen LogP contribution in [0.15, 0.2) is 34.7 Å². The molecule has 3 aromatic rings. The highest BCUT2D eigenvalue weighted by Gasteiger charge is 2.30. The highest BCUT2D eigenvalue weighted by atomic mass is 35.5. The molecule has 1 N–H and O–H groups in total. The maximum absolute atomic E-state index is 14.2. The van der Waals surface area contributed by atoms with Gasteiger partial charge in [-0.15, -0.1) is 0 Å². The van der Waals surface area contributed by atoms with E-state index in [1.54, 1.807) is 29.2 Å². The van der Waals surface area contributed by atoms with Gasteiger partial charge >= 0.3 is 0 Å². The van der Waals surface area contributed by atoms with Crippen molar-refractivity contribution < 1.29 is 26.8 Å². The molecule has 4 rings (SSSR count). The molecule has 0 bridgehead atoms. The van der Waals surface area contributed by atoms with Crippen LogP contribution >= 0.6 is 23.8 Å². The van der Waals surface area contributed by atoms with Crippen molar-refractivity contribution >= 4 is 51.5 Å². The summed E-state index contributed by atoms with van der Waals surface area (Å²) in [4.78, 5) is 15.2. The van der Waals surface area contributed by atoms with Crippen molar-refractivity contribution in [3.8, 4) is 0 Å². The minimum atomic E-state index is -1.65. The van der Waals surface area contributed by atoms with Crippen LogP contribution < -0.4 is 10.2 Å². The van der Waals surface area contributed by atoms with Gasteiger partial charge in [0.2, 0.25) is 0 Å². The summed E-state index contributed by atoms with van der Waals surface area (Å²) in [7, 11) is 0. The standard InChI is InChI=1S/C20H14ClF4N3O2S/c21-13-14(22)16(24)18(17(25)15(13)23)27-5-7-28(8-6-27)20(31)26-19(29)12-9-10-3-1-2-4-11(10)30-12/h1-4,9H,5-8H2,(H,26,29,31). The second-order valence-corrected chi connectivity index (χ2v) is 7.57. The minimum Gasteiger partial charge on any atom is -0.451 e. The molecule has 1 saturated heterocycles. The quantitative estimate of drug-likeness (QED) is 0.258. The van der Waals surface area contributed by atoms with Crippen LogP contribution in [0.4, 0.5) is 23.2 Å². The van der Waals surface area contributed by atoms with Crippen molar-refractivity contribution in [2.75, 3.05) is 31.1 Å². The van der Waals surface area contributed by atoms with E-state index >= 15 is 0 Å². The number of para-hydroxylation sites is 1. The van der Waals surface area contributed by atoms with E-state index in [0.717, 1.165) is 10.3 Å². The molecule has 0 aliphatic carbocycles. The molecule has 0 saturated carbocycles. The molecule has 162 valence electrons. The van der Waals surface area contributed by atoms with E-state index in [2.05, 4.69) is 5.32 Å². The molecule has 0 spiro atoms. The van der Waals surface area contributed by atoms with Crippen molar-refractivity contribution in [3.63, 3.8) is 0 Å². The lowest BCUT2D eigenvalue weighted by molar-refractivity contribution is 0.0948. The zero-order valence-corrected chi connectivity index (χ0v) is 17.3. The average Bonchev–Trinajstić information content (AvgIpc) is 3.21. The Morgan fingerprint density at radius 3 is 2.23 bits per heavy atom. The first-order valence-corrected chi connectivity index (χ1v) is 9.91. The van der Waals surface area contributed by atoms with Crippen LogP contribution in [-0.4, -0.2) is 42.1 Å². The summed E-state index contributed by atoms with van der Waals surface area (Å²) in [5, 5.41) is 2.18. The Morgan fingerprint density at radius 1 is 1.00 bits per heavy atom. The number of anilines is 1. The Hall–Kier alpha value is -2.85. The van der Waals surface area contributed by atoms with Gasteiger partial charge in [0.05, 0.1) is 0 Å². The molecule has 2 aromatic carbocycles. The Morgan fingerprint density at radius 2 is 1.61 bits per heavy atom. The van der Waals surface area contributed by atoms with Gasteiger partial charge in [-0.25, -0.2) is 17.6 Å². The predicted octanol–water partition coefficient (Wildman–Crippen LogP) is 4.48. The Labute approximate surface area is 184 Å². The third kappa shape index (κ3) is 3.92. The summed E-state index contributed by atoms with van der Waals surface area (Å²) in [6.45, 7) is 0.331. The number of benzene rings is 2. The Kier molecular flexibility index (Phi) is 5.76. The van der Waals surface area contributed by atoms with Crippen molar-refractivity contribution in [3.05, 3.63) is 64.4 Å². The molecule has 0 radical (unpaired) electrons. The monoisotopic (exact) mass is 471 g/mol. The van der Waals surface area contributed by atoms with E-state index in [0.29, 0.717) is 5.58 Å². The van der Waals surface area contributed by atoms with Gasteiger partial charge in [-0.2, -0.15) is 0 Å². The molecule has 1 aliphatic rings. The third-order valence-electron chi connectivity index (χ3n) is 4.94. The molecule has 5 nitrogen and oxygen atoms in total. The Bertz CT molecular complexity index is 1130. The summed E-state index contributed by atoms with van der Waals surface area (Å²) in [6.07, 6.45) is 0. The molecule has 1 amide bonds. The van der Waals surface area contributed by atoms with Crippen LogP contribution in [-0.2, 0) is 0 Å². The van der Waals surface area contributed by atoms with Crippen LogP contribution in [0.1, 0.15) is 10.6 Å². The third-order valence-corrected chi connectivity index (χ3v) is 5.63. The van der Waals surface area contributed by atoms with Crippen molar-refractivity contribution in [1.29, 1.82) is 0 Å². The number of rotatable bonds is 2. The second-order valence-electron chi connectivity index (χ2n) is 6.80. The summed E-state index contributed by atoms with van der Waals surface area (Å²) in [6, 6.07) is 8.70. The van der Waals surface area contributed by atoms with Crippen LogP contribution in [0, 0.1) is 23.3 Å². The molecule has 1 aromatic heterocycles. The molecular weight excluding hydrogens is 458 g/mol. The van der Waals surface area contributed by atoms with E-state index in [9.17, 15) is 22.4 Å². The number of halogens is 5. The van der Waals surface area contributed by atoms with Gasteiger partial charge < -0.3 is 14.2 Å². The number of nitrogens with one attached hydrogen (secondary N) is 1. The summed E-state index contributed by atoms with van der Waals surface area (Å²) < 4.78 is 61.3. The van der Waals surface area contributed by atoms with Gasteiger partial charge in [-0.05, 0) is 24.4 Å². The summed E-state index contributed by atoms with van der Waals surface area (Å²) >= 11 is 10.5. The largest absolute Gasteiger partial charge is 0.451 e. The average molecular weight is 472 g/mol. The van der Waals surface area contributed by atoms with Crippen molar-refractivity contribution in [2.24, 2.45) is 0 Å². The van der Waals surface area contributed by atoms with Crippen molar-refractivity contribution in [1.82, 2.24) is 10.2 Å². The molecule has 0 unspecified atom stereocenters. The number of furan rings is 1. The number of amides is 1. The maximum atomic E-state index is 14.2. The SMILES string of the molecule is O=C(NC(=S)N1CCN(c2c(F)c(F)c(Cl)c(F)c2F)CC1)c1cc2ccccc2o1. The zero-order valence-electron chi connectivity index (χ0n) is 15.7. The molecule has 0 atom stereocenters. The number of carbonyl (C=O) groups excluding carboxylic acids is 1. The number of thiocarbonyl (C=S) groups is 1. The Balaban J connectivity index is 1.42. The van der Waals surface area contributed by atoms with Crippen LogP contribution in [0.2, 0.25) is 5.02 Å². The normalized spacial score (nSPS) is 14.2. The van der Waals surface area contributed by atoms with Gasteiger partial charge in [-0.1, -0.05) is 29.8 Å². The highest BCUT2D eigenvalue weighted by Crippen LogP contribution is 2.33. The number of piperazine rings is 1. The smallest absolute Gasteiger partial charge is 0.293 e. The van der Waals surface area contributed by atoms with E-state index < -0.39 is 39.9 Å². The second kappa shape index (κ2) is 8.35. The van der Waals surface area contributed by atoms with Crippen LogP contribution in [0.5, 0.6) is 0 Å². The highest BCUT2D eigenvalue weighted by molar-refractivity contribution is 7.80. The van der Waals surface area contributed by atoms with Crippen LogP contribution in [0.3, 0.4) is 0 Å². The fourth-order valence-electron chi connectivity index (χ4n) is 3.34. The fourth-order valence-corrected chi connectivity index (χ4v) is 3.78. The number of carbonyl (C=O) groups is 1. The molecular formula is C20H14ClF4N3O2S. The van der Waals surface area contributed by atoms with Gasteiger partial charge in [0.1, 0.15) is 16.3 Å². The van der Waals surface area contributed by atoms with E-state index in [4.69, 9.17) is 28.2 Å². The number of hydrogen-bond acceptors (Lipinski definition) is 4. The summed E-state index contributed by atoms with van der Waals surface area (Å²) in [5.74, 6) is -6.87. The molecule has 2 heterocycles. The number of hydrogen-bond donors (Lipinski definition) is 1. The van der Waals surface area contributed by atoms with E-state index in [1.807, 2.05) is 6.07 Å². The maximum Gasteiger partial charge on any atom is 0.293 e. The van der Waals surface area contributed by atoms with Gasteiger partial charge in [-0.3, -0.25) is 10.1 Å². The minimum absolute atomic E-state index is 0.00893. The lowest BCUT2D eigenvalue weighted by atomic mass is 10.2. The summed E-state index contributed by atoms with van der Waals surface area (Å²) in [5.41, 5.74) is -0.269. The van der Waals surface area contributed by atoms with Crippen LogP contribution in [0.25, 0.3) is 11.0 Å². The zero-order chi connectivity index (χ0) is 22.3. The lowest BCUT2D eigenvalue weighted by Crippen LogP contribution is -2.53. The molecule has 1 aliphatic heterocycles. The lowest BCUT2D eigenvalue weighted by Gasteiger charge is -2.37. The van der Waals surface area contributed by atoms with E-state index in [1.165, 1.54) is 0 Å². The molecule has 1 fully saturated rings. The topological polar surface area (TPSA) is 48.7 Å². The first kappa shape index (κ1) is 21.4. The molecule has 31 heavy (non-hydrogen) atoms. The van der Waals surface area contributed by atoms with Crippen molar-refractivity contribution in [2.45, 2.75) is 0 Å².